The first-order valence-electron chi connectivity index (χ1n) is 7.67. The molecule has 25 heavy (non-hydrogen) atoms. The molecule has 1 aromatic carbocycles. The van der Waals surface area contributed by atoms with Gasteiger partial charge in [-0.25, -0.2) is 17.8 Å². The highest BCUT2D eigenvalue weighted by Gasteiger charge is 2.29. The number of hydrogen-bond donors (Lipinski definition) is 1. The van der Waals surface area contributed by atoms with Crippen molar-refractivity contribution < 1.29 is 17.5 Å². The smallest absolute Gasteiger partial charge is 0.246 e. The fourth-order valence-corrected chi connectivity index (χ4v) is 4.15. The molecule has 3 rings (SSSR count). The van der Waals surface area contributed by atoms with Gasteiger partial charge in [0.25, 0.3) is 0 Å². The van der Waals surface area contributed by atoms with Crippen molar-refractivity contribution in [1.29, 1.82) is 0 Å². The molecule has 0 atom stereocenters. The molecule has 10 heteroatoms. The third-order valence-electron chi connectivity index (χ3n) is 4.00. The molecule has 1 saturated heterocycles. The highest BCUT2D eigenvalue weighted by molar-refractivity contribution is 7.89. The Bertz CT molecular complexity index is 866. The quantitative estimate of drug-likeness (QED) is 0.845. The van der Waals surface area contributed by atoms with E-state index in [1.807, 2.05) is 0 Å². The predicted molar refractivity (Wildman–Crippen MR) is 91.5 cm³/mol. The average molecular weight is 389 g/mol. The van der Waals surface area contributed by atoms with Gasteiger partial charge in [-0.05, 0) is 18.2 Å². The molecule has 0 amide bonds. The van der Waals surface area contributed by atoms with Gasteiger partial charge in [0, 0.05) is 25.8 Å². The zero-order chi connectivity index (χ0) is 18.0. The number of morpholine rings is 1. The van der Waals surface area contributed by atoms with Gasteiger partial charge in [0.2, 0.25) is 10.0 Å². The van der Waals surface area contributed by atoms with Gasteiger partial charge in [-0.15, -0.1) is 0 Å². The Morgan fingerprint density at radius 1 is 1.36 bits per heavy atom. The second-order valence-corrected chi connectivity index (χ2v) is 7.86. The molecule has 0 spiro atoms. The number of anilines is 1. The summed E-state index contributed by atoms with van der Waals surface area (Å²) in [7, 11) is -2.14. The third kappa shape index (κ3) is 3.79. The van der Waals surface area contributed by atoms with Gasteiger partial charge in [-0.3, -0.25) is 0 Å². The summed E-state index contributed by atoms with van der Waals surface area (Å²) in [6, 6.07) is 3.92. The first kappa shape index (κ1) is 18.1. The van der Waals surface area contributed by atoms with E-state index in [0.29, 0.717) is 36.4 Å². The summed E-state index contributed by atoms with van der Waals surface area (Å²) in [5.41, 5.74) is 0.479. The number of nitrogens with one attached hydrogen (secondary N) is 1. The molecule has 1 aliphatic heterocycles. The molecule has 2 aromatic rings. The lowest BCUT2D eigenvalue weighted by molar-refractivity contribution is 0.0729. The van der Waals surface area contributed by atoms with Crippen LogP contribution >= 0.6 is 11.6 Å². The van der Waals surface area contributed by atoms with E-state index >= 15 is 0 Å². The number of sulfonamides is 1. The summed E-state index contributed by atoms with van der Waals surface area (Å²) < 4.78 is 47.6. The molecule has 1 fully saturated rings. The summed E-state index contributed by atoms with van der Waals surface area (Å²) in [6.45, 7) is 1.36. The SMILES string of the molecule is Cn1c(Cl)cnc1CNc1ccc(F)c(S(=O)(=O)N2CCOCC2)c1. The van der Waals surface area contributed by atoms with Crippen LogP contribution in [0, 0.1) is 5.82 Å². The van der Waals surface area contributed by atoms with Gasteiger partial charge in [0.15, 0.2) is 0 Å². The van der Waals surface area contributed by atoms with Gasteiger partial charge < -0.3 is 14.6 Å². The van der Waals surface area contributed by atoms with Crippen LogP contribution in [-0.4, -0.2) is 48.6 Å². The summed E-state index contributed by atoms with van der Waals surface area (Å²) in [5, 5.41) is 3.53. The van der Waals surface area contributed by atoms with E-state index in [9.17, 15) is 12.8 Å². The van der Waals surface area contributed by atoms with Crippen LogP contribution in [0.2, 0.25) is 5.15 Å². The molecule has 0 radical (unpaired) electrons. The average Bonchev–Trinajstić information content (AvgIpc) is 2.93. The number of benzene rings is 1. The van der Waals surface area contributed by atoms with Gasteiger partial charge in [0.1, 0.15) is 21.7 Å². The number of aromatic nitrogens is 2. The minimum absolute atomic E-state index is 0.213. The molecule has 1 aromatic heterocycles. The molecular weight excluding hydrogens is 371 g/mol. The number of nitrogens with zero attached hydrogens (tertiary/aromatic N) is 3. The lowest BCUT2D eigenvalue weighted by atomic mass is 10.3. The van der Waals surface area contributed by atoms with Crippen molar-refractivity contribution in [2.24, 2.45) is 7.05 Å². The molecule has 7 nitrogen and oxygen atoms in total. The van der Waals surface area contributed by atoms with Crippen molar-refractivity contribution in [3.05, 3.63) is 41.2 Å². The van der Waals surface area contributed by atoms with Crippen LogP contribution in [0.5, 0.6) is 0 Å². The molecule has 1 aliphatic rings. The van der Waals surface area contributed by atoms with E-state index in [-0.39, 0.29) is 18.0 Å². The standard InChI is InChI=1S/C15H18ClFN4O3S/c1-20-14(16)9-19-15(20)10-18-11-2-3-12(17)13(8-11)25(22,23)21-4-6-24-7-5-21/h2-3,8-9,18H,4-7,10H2,1H3. The van der Waals surface area contributed by atoms with Crippen LogP contribution in [0.15, 0.2) is 29.3 Å². The highest BCUT2D eigenvalue weighted by Crippen LogP contribution is 2.24. The number of halogens is 2. The first-order valence-corrected chi connectivity index (χ1v) is 9.49. The summed E-state index contributed by atoms with van der Waals surface area (Å²) in [4.78, 5) is 3.80. The second-order valence-electron chi connectivity index (χ2n) is 5.57. The zero-order valence-electron chi connectivity index (χ0n) is 13.6. The van der Waals surface area contributed by atoms with E-state index in [2.05, 4.69) is 10.3 Å². The highest BCUT2D eigenvalue weighted by atomic mass is 35.5. The Labute approximate surface area is 150 Å². The van der Waals surface area contributed by atoms with E-state index in [0.717, 1.165) is 6.07 Å². The Hall–Kier alpha value is -1.68. The maximum atomic E-state index is 14.2. The Kier molecular flexibility index (Phi) is 5.28. The normalized spacial score (nSPS) is 16.1. The van der Waals surface area contributed by atoms with Crippen LogP contribution < -0.4 is 5.32 Å². The van der Waals surface area contributed by atoms with Crippen molar-refractivity contribution in [3.8, 4) is 0 Å². The van der Waals surface area contributed by atoms with E-state index in [4.69, 9.17) is 16.3 Å². The maximum absolute atomic E-state index is 14.2. The Morgan fingerprint density at radius 3 is 2.72 bits per heavy atom. The van der Waals surface area contributed by atoms with Gasteiger partial charge in [-0.1, -0.05) is 11.6 Å². The molecule has 2 heterocycles. The number of imidazole rings is 1. The van der Waals surface area contributed by atoms with Crippen molar-refractivity contribution >= 4 is 27.3 Å². The van der Waals surface area contributed by atoms with Crippen LogP contribution in [0.25, 0.3) is 0 Å². The topological polar surface area (TPSA) is 76.5 Å². The summed E-state index contributed by atoms with van der Waals surface area (Å²) in [6.07, 6.45) is 1.53. The molecule has 0 aliphatic carbocycles. The van der Waals surface area contributed by atoms with Crippen molar-refractivity contribution in [3.63, 3.8) is 0 Å². The summed E-state index contributed by atoms with van der Waals surface area (Å²) >= 11 is 5.93. The molecule has 0 bridgehead atoms. The molecular formula is C15H18ClFN4O3S. The largest absolute Gasteiger partial charge is 0.379 e. The molecule has 0 unspecified atom stereocenters. The number of hydrogen-bond acceptors (Lipinski definition) is 5. The molecule has 136 valence electrons. The number of ether oxygens (including phenoxy) is 1. The van der Waals surface area contributed by atoms with Crippen LogP contribution in [0.3, 0.4) is 0 Å². The second kappa shape index (κ2) is 7.28. The number of rotatable bonds is 5. The van der Waals surface area contributed by atoms with Gasteiger partial charge in [-0.2, -0.15) is 4.31 Å². The molecule has 1 N–H and O–H groups in total. The van der Waals surface area contributed by atoms with E-state index in [1.165, 1.54) is 22.6 Å². The Balaban J connectivity index is 1.81. The summed E-state index contributed by atoms with van der Waals surface area (Å²) in [5.74, 6) is -0.107. The van der Waals surface area contributed by atoms with Crippen molar-refractivity contribution in [1.82, 2.24) is 13.9 Å². The van der Waals surface area contributed by atoms with Crippen molar-refractivity contribution in [2.75, 3.05) is 31.6 Å². The fraction of sp³-hybridized carbons (Fsp3) is 0.400. The fourth-order valence-electron chi connectivity index (χ4n) is 2.51. The van der Waals surface area contributed by atoms with Crippen LogP contribution in [0.4, 0.5) is 10.1 Å². The maximum Gasteiger partial charge on any atom is 0.246 e. The molecule has 0 saturated carbocycles. The minimum Gasteiger partial charge on any atom is -0.379 e. The van der Waals surface area contributed by atoms with E-state index in [1.54, 1.807) is 11.6 Å². The van der Waals surface area contributed by atoms with Gasteiger partial charge >= 0.3 is 0 Å². The van der Waals surface area contributed by atoms with E-state index < -0.39 is 15.8 Å². The monoisotopic (exact) mass is 388 g/mol. The third-order valence-corrected chi connectivity index (χ3v) is 6.26. The Morgan fingerprint density at radius 2 is 2.08 bits per heavy atom. The van der Waals surface area contributed by atoms with Crippen LogP contribution in [-0.2, 0) is 28.4 Å². The van der Waals surface area contributed by atoms with Gasteiger partial charge in [0.05, 0.1) is 26.0 Å². The lowest BCUT2D eigenvalue weighted by Gasteiger charge is -2.26. The predicted octanol–water partition coefficient (Wildman–Crippen LogP) is 1.85. The van der Waals surface area contributed by atoms with Crippen molar-refractivity contribution in [2.45, 2.75) is 11.4 Å². The minimum atomic E-state index is -3.91. The van der Waals surface area contributed by atoms with Crippen LogP contribution in [0.1, 0.15) is 5.82 Å². The first-order chi connectivity index (χ1) is 11.9. The zero-order valence-corrected chi connectivity index (χ0v) is 15.1. The lowest BCUT2D eigenvalue weighted by Crippen LogP contribution is -2.40.